The van der Waals surface area contributed by atoms with Crippen LogP contribution in [0.25, 0.3) is 0 Å². The van der Waals surface area contributed by atoms with E-state index in [0.29, 0.717) is 19.5 Å². The monoisotopic (exact) mass is 332 g/mol. The molecule has 0 atom stereocenters. The predicted molar refractivity (Wildman–Crippen MR) is 79.3 cm³/mol. The highest BCUT2D eigenvalue weighted by Gasteiger charge is 2.32. The molecular formula is C11H16N4O6S. The molecule has 0 amide bonds. The van der Waals surface area contributed by atoms with Gasteiger partial charge in [-0.15, -0.1) is 0 Å². The number of hydrogen-bond acceptors (Lipinski definition) is 7. The van der Waals surface area contributed by atoms with E-state index in [2.05, 4.69) is 0 Å². The molecule has 0 saturated carbocycles. The van der Waals surface area contributed by atoms with Crippen molar-refractivity contribution in [3.63, 3.8) is 0 Å². The van der Waals surface area contributed by atoms with Gasteiger partial charge in [0, 0.05) is 25.2 Å². The highest BCUT2D eigenvalue weighted by molar-refractivity contribution is 7.89. The SMILES string of the molecule is CCCN(CC)c1c([N+](=O)[O-])cc(S(N)(=O)=O)cc1[N+](=O)[O-]. The number of anilines is 1. The number of nitro benzene ring substituents is 2. The highest BCUT2D eigenvalue weighted by atomic mass is 32.2. The van der Waals surface area contributed by atoms with Crippen LogP contribution in [0.5, 0.6) is 0 Å². The summed E-state index contributed by atoms with van der Waals surface area (Å²) in [4.78, 5) is 21.5. The van der Waals surface area contributed by atoms with E-state index in [0.717, 1.165) is 12.1 Å². The molecular weight excluding hydrogens is 316 g/mol. The van der Waals surface area contributed by atoms with Crippen LogP contribution < -0.4 is 10.0 Å². The van der Waals surface area contributed by atoms with Crippen LogP contribution in [-0.2, 0) is 10.0 Å². The molecule has 0 fully saturated rings. The van der Waals surface area contributed by atoms with Crippen molar-refractivity contribution in [1.82, 2.24) is 0 Å². The first-order valence-electron chi connectivity index (χ1n) is 6.38. The Morgan fingerprint density at radius 2 is 1.59 bits per heavy atom. The van der Waals surface area contributed by atoms with Gasteiger partial charge in [-0.2, -0.15) is 0 Å². The van der Waals surface area contributed by atoms with Gasteiger partial charge in [0.1, 0.15) is 0 Å². The number of primary sulfonamides is 1. The maximum absolute atomic E-state index is 11.4. The van der Waals surface area contributed by atoms with Crippen molar-refractivity contribution in [3.05, 3.63) is 32.4 Å². The second-order valence-electron chi connectivity index (χ2n) is 4.45. The molecule has 1 rings (SSSR count). The Balaban J connectivity index is 3.79. The van der Waals surface area contributed by atoms with Gasteiger partial charge in [0.05, 0.1) is 14.7 Å². The summed E-state index contributed by atoms with van der Waals surface area (Å²) in [5.41, 5.74) is -1.53. The van der Waals surface area contributed by atoms with Gasteiger partial charge in [0.15, 0.2) is 5.69 Å². The average molecular weight is 332 g/mol. The largest absolute Gasteiger partial charge is 0.361 e. The van der Waals surface area contributed by atoms with Crippen molar-refractivity contribution in [3.8, 4) is 0 Å². The zero-order valence-corrected chi connectivity index (χ0v) is 12.9. The van der Waals surface area contributed by atoms with Crippen LogP contribution in [-0.4, -0.2) is 31.4 Å². The number of nitrogens with zero attached hydrogens (tertiary/aromatic N) is 3. The summed E-state index contributed by atoms with van der Waals surface area (Å²) < 4.78 is 22.8. The lowest BCUT2D eigenvalue weighted by Crippen LogP contribution is -2.26. The minimum absolute atomic E-state index is 0.216. The predicted octanol–water partition coefficient (Wildman–Crippen LogP) is 1.39. The molecule has 0 radical (unpaired) electrons. The van der Waals surface area contributed by atoms with Gasteiger partial charge >= 0.3 is 11.4 Å². The third kappa shape index (κ3) is 3.68. The average Bonchev–Trinajstić information content (AvgIpc) is 2.42. The lowest BCUT2D eigenvalue weighted by Gasteiger charge is -2.22. The molecule has 10 nitrogen and oxygen atoms in total. The summed E-state index contributed by atoms with van der Waals surface area (Å²) in [7, 11) is -4.30. The molecule has 0 aliphatic carbocycles. The molecule has 22 heavy (non-hydrogen) atoms. The molecule has 0 saturated heterocycles. The molecule has 2 N–H and O–H groups in total. The Hall–Kier alpha value is -2.27. The van der Waals surface area contributed by atoms with Gasteiger partial charge in [-0.3, -0.25) is 20.2 Å². The third-order valence-corrected chi connectivity index (χ3v) is 3.85. The topological polar surface area (TPSA) is 150 Å². The first-order valence-corrected chi connectivity index (χ1v) is 7.92. The van der Waals surface area contributed by atoms with Gasteiger partial charge in [-0.05, 0) is 13.3 Å². The van der Waals surface area contributed by atoms with Gasteiger partial charge in [0.2, 0.25) is 10.0 Å². The van der Waals surface area contributed by atoms with Gasteiger partial charge < -0.3 is 4.90 Å². The number of benzene rings is 1. The lowest BCUT2D eigenvalue weighted by molar-refractivity contribution is -0.393. The summed E-state index contributed by atoms with van der Waals surface area (Å²) in [6, 6.07) is 1.49. The van der Waals surface area contributed by atoms with Gasteiger partial charge in [0.25, 0.3) is 0 Å². The molecule has 1 aromatic rings. The first-order chi connectivity index (χ1) is 10.1. The second kappa shape index (κ2) is 6.66. The molecule has 0 aromatic heterocycles. The Labute approximate surface area is 126 Å². The number of nitrogens with two attached hydrogens (primary N) is 1. The van der Waals surface area contributed by atoms with E-state index in [9.17, 15) is 28.6 Å². The number of rotatable bonds is 7. The summed E-state index contributed by atoms with van der Waals surface area (Å²) in [6.45, 7) is 4.16. The summed E-state index contributed by atoms with van der Waals surface area (Å²) in [6.07, 6.45) is 0.610. The molecule has 0 aliphatic rings. The van der Waals surface area contributed by atoms with Crippen LogP contribution in [0, 0.1) is 20.2 Å². The van der Waals surface area contributed by atoms with Crippen LogP contribution in [0.3, 0.4) is 0 Å². The van der Waals surface area contributed by atoms with Gasteiger partial charge in [-0.25, -0.2) is 13.6 Å². The fourth-order valence-electron chi connectivity index (χ4n) is 2.04. The summed E-state index contributed by atoms with van der Waals surface area (Å²) >= 11 is 0. The van der Waals surface area contributed by atoms with E-state index in [4.69, 9.17) is 5.14 Å². The lowest BCUT2D eigenvalue weighted by atomic mass is 10.2. The fraction of sp³-hybridized carbons (Fsp3) is 0.455. The van der Waals surface area contributed by atoms with E-state index in [1.807, 2.05) is 6.92 Å². The smallest absolute Gasteiger partial charge is 0.301 e. The van der Waals surface area contributed by atoms with Crippen LogP contribution in [0.1, 0.15) is 20.3 Å². The van der Waals surface area contributed by atoms with E-state index >= 15 is 0 Å². The summed E-state index contributed by atoms with van der Waals surface area (Å²) in [5, 5.41) is 27.4. The van der Waals surface area contributed by atoms with Gasteiger partial charge in [-0.1, -0.05) is 6.92 Å². The molecule has 122 valence electrons. The maximum atomic E-state index is 11.4. The van der Waals surface area contributed by atoms with Crippen LogP contribution in [0.2, 0.25) is 0 Å². The van der Waals surface area contributed by atoms with Crippen LogP contribution in [0.4, 0.5) is 17.1 Å². The zero-order valence-electron chi connectivity index (χ0n) is 12.1. The third-order valence-electron chi connectivity index (χ3n) is 2.96. The van der Waals surface area contributed by atoms with E-state index in [-0.39, 0.29) is 5.69 Å². The minimum atomic E-state index is -4.30. The second-order valence-corrected chi connectivity index (χ2v) is 6.01. The molecule has 0 aliphatic heterocycles. The van der Waals surface area contributed by atoms with Crippen molar-refractivity contribution in [2.45, 2.75) is 25.2 Å². The normalized spacial score (nSPS) is 11.2. The Morgan fingerprint density at radius 1 is 1.14 bits per heavy atom. The molecule has 11 heteroatoms. The molecule has 0 spiro atoms. The summed E-state index contributed by atoms with van der Waals surface area (Å²) in [5.74, 6) is 0. The van der Waals surface area contributed by atoms with Crippen LogP contribution >= 0.6 is 0 Å². The Kier molecular flexibility index (Phi) is 5.38. The first kappa shape index (κ1) is 17.8. The minimum Gasteiger partial charge on any atom is -0.361 e. The maximum Gasteiger partial charge on any atom is 0.301 e. The van der Waals surface area contributed by atoms with Crippen molar-refractivity contribution < 1.29 is 18.3 Å². The van der Waals surface area contributed by atoms with Crippen LogP contribution in [0.15, 0.2) is 17.0 Å². The molecule has 1 aromatic carbocycles. The Morgan fingerprint density at radius 3 is 1.86 bits per heavy atom. The standard InChI is InChI=1S/C11H16N4O6S/c1-3-5-13(4-2)11-9(14(16)17)6-8(22(12,20)21)7-10(11)15(18)19/h6-7H,3-5H2,1-2H3,(H2,12,20,21). The van der Waals surface area contributed by atoms with E-state index in [1.54, 1.807) is 6.92 Å². The fourth-order valence-corrected chi connectivity index (χ4v) is 2.60. The quantitative estimate of drug-likeness (QED) is 0.585. The number of hydrogen-bond donors (Lipinski definition) is 1. The molecule has 0 bridgehead atoms. The van der Waals surface area contributed by atoms with Crippen molar-refractivity contribution in [2.75, 3.05) is 18.0 Å². The number of sulfonamides is 1. The molecule has 0 unspecified atom stereocenters. The Bertz CT molecular complexity index is 668. The highest BCUT2D eigenvalue weighted by Crippen LogP contribution is 2.39. The van der Waals surface area contributed by atoms with Crippen molar-refractivity contribution >= 4 is 27.1 Å². The number of nitro groups is 2. The molecule has 0 heterocycles. The van der Waals surface area contributed by atoms with Crippen molar-refractivity contribution in [1.29, 1.82) is 0 Å². The van der Waals surface area contributed by atoms with E-state index in [1.165, 1.54) is 4.90 Å². The van der Waals surface area contributed by atoms with E-state index < -0.39 is 36.1 Å². The zero-order chi connectivity index (χ0) is 17.1. The van der Waals surface area contributed by atoms with Crippen molar-refractivity contribution in [2.24, 2.45) is 5.14 Å².